The number of rotatable bonds is 4. The average molecular weight is 285 g/mol. The van der Waals surface area contributed by atoms with E-state index in [0.717, 1.165) is 12.8 Å². The molecule has 6 heteroatoms. The lowest BCUT2D eigenvalue weighted by Gasteiger charge is -2.34. The molecule has 3 amide bonds. The van der Waals surface area contributed by atoms with Crippen molar-refractivity contribution in [3.8, 4) is 0 Å². The van der Waals surface area contributed by atoms with E-state index in [-0.39, 0.29) is 36.4 Å². The normalized spacial score (nSPS) is 22.1. The van der Waals surface area contributed by atoms with Crippen LogP contribution in [-0.2, 0) is 4.79 Å². The number of urea groups is 1. The van der Waals surface area contributed by atoms with Crippen LogP contribution in [0, 0.1) is 11.8 Å². The van der Waals surface area contributed by atoms with Gasteiger partial charge >= 0.3 is 6.03 Å². The number of carbonyl (C=O) groups is 2. The molecule has 1 aliphatic rings. The molecule has 0 saturated carbocycles. The fourth-order valence-electron chi connectivity index (χ4n) is 2.29. The molecule has 0 aromatic carbocycles. The monoisotopic (exact) mass is 285 g/mol. The molecule has 1 aliphatic heterocycles. The lowest BCUT2D eigenvalue weighted by Crippen LogP contribution is -2.50. The fraction of sp³-hybridized carbons (Fsp3) is 0.857. The summed E-state index contributed by atoms with van der Waals surface area (Å²) in [5.74, 6) is -0.142. The second-order valence-electron chi connectivity index (χ2n) is 5.92. The number of hydrogen-bond donors (Lipinski definition) is 2. The highest BCUT2D eigenvalue weighted by molar-refractivity contribution is 5.81. The predicted octanol–water partition coefficient (Wildman–Crippen LogP) is 0.513. The predicted molar refractivity (Wildman–Crippen MR) is 77.2 cm³/mol. The average Bonchev–Trinajstić information content (AvgIpc) is 2.45. The van der Waals surface area contributed by atoms with E-state index in [9.17, 15) is 9.59 Å². The van der Waals surface area contributed by atoms with Crippen LogP contribution in [0.4, 0.5) is 4.79 Å². The Kier molecular flexibility index (Phi) is 6.26. The van der Waals surface area contributed by atoms with E-state index < -0.39 is 0 Å². The lowest BCUT2D eigenvalue weighted by molar-refractivity contribution is -0.127. The number of carbonyl (C=O) groups excluding carboxylic acids is 2. The molecule has 116 valence electrons. The third-order valence-corrected chi connectivity index (χ3v) is 3.96. The van der Waals surface area contributed by atoms with Gasteiger partial charge in [-0.1, -0.05) is 6.92 Å². The minimum atomic E-state index is -0.152. The summed E-state index contributed by atoms with van der Waals surface area (Å²) in [4.78, 5) is 27.4. The van der Waals surface area contributed by atoms with Crippen LogP contribution in [0.15, 0.2) is 0 Å². The number of amides is 3. The zero-order chi connectivity index (χ0) is 15.3. The van der Waals surface area contributed by atoms with Crippen molar-refractivity contribution in [2.24, 2.45) is 11.8 Å². The minimum Gasteiger partial charge on any atom is -0.396 e. The van der Waals surface area contributed by atoms with Gasteiger partial charge in [0.05, 0.1) is 5.92 Å². The number of aliphatic hydroxyl groups excluding tert-OH is 1. The molecule has 1 fully saturated rings. The molecule has 1 heterocycles. The Morgan fingerprint density at radius 3 is 2.60 bits per heavy atom. The number of aliphatic hydroxyl groups is 1. The van der Waals surface area contributed by atoms with E-state index in [1.165, 1.54) is 4.90 Å². The van der Waals surface area contributed by atoms with Crippen molar-refractivity contribution in [2.75, 3.05) is 33.8 Å². The zero-order valence-electron chi connectivity index (χ0n) is 12.9. The van der Waals surface area contributed by atoms with Gasteiger partial charge in [0.2, 0.25) is 5.91 Å². The fourth-order valence-corrected chi connectivity index (χ4v) is 2.29. The van der Waals surface area contributed by atoms with Crippen LogP contribution in [0.3, 0.4) is 0 Å². The van der Waals surface area contributed by atoms with Crippen molar-refractivity contribution >= 4 is 11.9 Å². The topological polar surface area (TPSA) is 72.9 Å². The van der Waals surface area contributed by atoms with Gasteiger partial charge in [-0.25, -0.2) is 4.79 Å². The van der Waals surface area contributed by atoms with E-state index >= 15 is 0 Å². The molecule has 20 heavy (non-hydrogen) atoms. The van der Waals surface area contributed by atoms with Crippen LogP contribution >= 0.6 is 0 Å². The summed E-state index contributed by atoms with van der Waals surface area (Å²) in [7, 11) is 3.44. The van der Waals surface area contributed by atoms with Crippen LogP contribution < -0.4 is 5.32 Å². The Hall–Kier alpha value is -1.30. The first-order chi connectivity index (χ1) is 9.36. The molecule has 0 aliphatic carbocycles. The number of likely N-dealkylation sites (tertiary alicyclic amines) is 1. The highest BCUT2D eigenvalue weighted by Gasteiger charge is 2.30. The van der Waals surface area contributed by atoms with Crippen molar-refractivity contribution in [3.05, 3.63) is 0 Å². The first-order valence-electron chi connectivity index (χ1n) is 7.24. The molecular weight excluding hydrogens is 258 g/mol. The molecule has 0 aromatic rings. The molecule has 0 radical (unpaired) electrons. The minimum absolute atomic E-state index is 0.0194. The van der Waals surface area contributed by atoms with Gasteiger partial charge in [-0.15, -0.1) is 0 Å². The summed E-state index contributed by atoms with van der Waals surface area (Å²) in [6, 6.07) is -0.105. The maximum atomic E-state index is 12.2. The summed E-state index contributed by atoms with van der Waals surface area (Å²) < 4.78 is 0. The van der Waals surface area contributed by atoms with Gasteiger partial charge in [-0.05, 0) is 25.7 Å². The SMILES string of the molecule is CC(CO)C(C)NC(=O)C1CCCN(C(=O)N(C)C)C1. The van der Waals surface area contributed by atoms with Crippen molar-refractivity contribution in [2.45, 2.75) is 32.7 Å². The summed E-state index contributed by atoms with van der Waals surface area (Å²) >= 11 is 0. The van der Waals surface area contributed by atoms with E-state index in [0.29, 0.717) is 13.1 Å². The summed E-state index contributed by atoms with van der Waals surface area (Å²) in [6.45, 7) is 5.03. The quantitative estimate of drug-likeness (QED) is 0.790. The van der Waals surface area contributed by atoms with Gasteiger partial charge < -0.3 is 20.2 Å². The Labute approximate surface area is 121 Å². The molecular formula is C14H27N3O3. The van der Waals surface area contributed by atoms with Gasteiger partial charge in [-0.2, -0.15) is 0 Å². The van der Waals surface area contributed by atoms with Gasteiger partial charge in [0, 0.05) is 39.8 Å². The highest BCUT2D eigenvalue weighted by atomic mass is 16.3. The van der Waals surface area contributed by atoms with Crippen LogP contribution in [0.1, 0.15) is 26.7 Å². The van der Waals surface area contributed by atoms with Crippen molar-refractivity contribution in [1.29, 1.82) is 0 Å². The van der Waals surface area contributed by atoms with E-state index in [4.69, 9.17) is 5.11 Å². The molecule has 1 saturated heterocycles. The van der Waals surface area contributed by atoms with Crippen molar-refractivity contribution < 1.29 is 14.7 Å². The van der Waals surface area contributed by atoms with Crippen LogP contribution in [-0.4, -0.2) is 66.7 Å². The number of nitrogens with one attached hydrogen (secondary N) is 1. The standard InChI is InChI=1S/C14H27N3O3/c1-10(9-18)11(2)15-13(19)12-6-5-7-17(8-12)14(20)16(3)4/h10-12,18H,5-9H2,1-4H3,(H,15,19). The molecule has 0 aromatic heterocycles. The first-order valence-corrected chi connectivity index (χ1v) is 7.24. The van der Waals surface area contributed by atoms with E-state index in [1.807, 2.05) is 13.8 Å². The molecule has 0 spiro atoms. The molecule has 3 unspecified atom stereocenters. The van der Waals surface area contributed by atoms with Crippen molar-refractivity contribution in [1.82, 2.24) is 15.1 Å². The van der Waals surface area contributed by atoms with Crippen LogP contribution in [0.25, 0.3) is 0 Å². The highest BCUT2D eigenvalue weighted by Crippen LogP contribution is 2.18. The molecule has 1 rings (SSSR count). The third-order valence-electron chi connectivity index (χ3n) is 3.96. The second-order valence-corrected chi connectivity index (χ2v) is 5.92. The number of piperidine rings is 1. The zero-order valence-corrected chi connectivity index (χ0v) is 12.9. The lowest BCUT2D eigenvalue weighted by atomic mass is 9.96. The smallest absolute Gasteiger partial charge is 0.319 e. The molecule has 3 atom stereocenters. The van der Waals surface area contributed by atoms with Crippen molar-refractivity contribution in [3.63, 3.8) is 0 Å². The van der Waals surface area contributed by atoms with Crippen LogP contribution in [0.5, 0.6) is 0 Å². The number of nitrogens with zero attached hydrogens (tertiary/aromatic N) is 2. The first kappa shape index (κ1) is 16.8. The summed E-state index contributed by atoms with van der Waals surface area (Å²) in [5.41, 5.74) is 0. The second kappa shape index (κ2) is 7.47. The van der Waals surface area contributed by atoms with Crippen LogP contribution in [0.2, 0.25) is 0 Å². The third kappa shape index (κ3) is 4.37. The maximum absolute atomic E-state index is 12.2. The maximum Gasteiger partial charge on any atom is 0.319 e. The molecule has 2 N–H and O–H groups in total. The Balaban J connectivity index is 2.54. The number of hydrogen-bond acceptors (Lipinski definition) is 3. The Morgan fingerprint density at radius 1 is 1.40 bits per heavy atom. The summed E-state index contributed by atoms with van der Waals surface area (Å²) in [6.07, 6.45) is 1.66. The molecule has 6 nitrogen and oxygen atoms in total. The Morgan fingerprint density at radius 2 is 2.05 bits per heavy atom. The van der Waals surface area contributed by atoms with Gasteiger partial charge in [0.1, 0.15) is 0 Å². The van der Waals surface area contributed by atoms with E-state index in [1.54, 1.807) is 19.0 Å². The molecule has 0 bridgehead atoms. The van der Waals surface area contributed by atoms with E-state index in [2.05, 4.69) is 5.32 Å². The Bertz CT molecular complexity index is 347. The van der Waals surface area contributed by atoms with Gasteiger partial charge in [0.25, 0.3) is 0 Å². The largest absolute Gasteiger partial charge is 0.396 e. The van der Waals surface area contributed by atoms with Gasteiger partial charge in [0.15, 0.2) is 0 Å². The summed E-state index contributed by atoms with van der Waals surface area (Å²) in [5, 5.41) is 12.0. The van der Waals surface area contributed by atoms with Gasteiger partial charge in [-0.3, -0.25) is 4.79 Å².